The molecule has 3 aromatic carbocycles. The van der Waals surface area contributed by atoms with Gasteiger partial charge < -0.3 is 10.2 Å². The quantitative estimate of drug-likeness (QED) is 0.484. The van der Waals surface area contributed by atoms with Gasteiger partial charge in [0.05, 0.1) is 4.90 Å². The number of nitrogens with zero attached hydrogens (tertiary/aromatic N) is 1. The number of carbonyl (C=O) groups excluding carboxylic acids is 2. The van der Waals surface area contributed by atoms with Crippen LogP contribution in [0.2, 0.25) is 0 Å². The Bertz CT molecular complexity index is 1390. The van der Waals surface area contributed by atoms with Gasteiger partial charge in [-0.3, -0.25) is 9.59 Å². The number of carbonyl (C=O) groups is 2. The van der Waals surface area contributed by atoms with E-state index in [1.807, 2.05) is 56.0 Å². The standard InChI is InChI=1S/C28H33N3O4S/c1-4-9-27(32)31-17-16-24(20(3)18-31)30-36(34,35)26-15-14-25(22-12-7-8-13-23(22)26)29-28(33)21-11-6-5-10-19(21)2/h5-8,10-15,20,24,30H,4,9,16-18H2,1-3H3,(H,29,33)/t20?,24-/m1/s1. The van der Waals surface area contributed by atoms with Gasteiger partial charge in [0.2, 0.25) is 15.9 Å². The summed E-state index contributed by atoms with van der Waals surface area (Å²) in [5.74, 6) is -0.126. The molecule has 2 N–H and O–H groups in total. The first-order valence-electron chi connectivity index (χ1n) is 12.4. The van der Waals surface area contributed by atoms with E-state index in [-0.39, 0.29) is 28.7 Å². The highest BCUT2D eigenvalue weighted by Crippen LogP contribution is 2.31. The Morgan fingerprint density at radius 3 is 2.39 bits per heavy atom. The van der Waals surface area contributed by atoms with Crippen molar-refractivity contribution in [3.05, 3.63) is 71.8 Å². The number of sulfonamides is 1. The molecule has 0 radical (unpaired) electrons. The van der Waals surface area contributed by atoms with Gasteiger partial charge in [0.15, 0.2) is 0 Å². The van der Waals surface area contributed by atoms with Crippen molar-refractivity contribution < 1.29 is 18.0 Å². The van der Waals surface area contributed by atoms with Crippen molar-refractivity contribution in [2.75, 3.05) is 18.4 Å². The molecule has 2 amide bonds. The van der Waals surface area contributed by atoms with E-state index in [1.165, 1.54) is 0 Å². The Kier molecular flexibility index (Phi) is 7.76. The van der Waals surface area contributed by atoms with Crippen LogP contribution >= 0.6 is 0 Å². The molecule has 1 aliphatic rings. The SMILES string of the molecule is CCCC(=O)N1CC[C@@H](NS(=O)(=O)c2ccc(NC(=O)c3ccccc3C)c3ccccc23)C(C)C1. The molecule has 1 unspecified atom stereocenters. The molecule has 1 fully saturated rings. The monoisotopic (exact) mass is 507 g/mol. The number of likely N-dealkylation sites (tertiary alicyclic amines) is 1. The van der Waals surface area contributed by atoms with Crippen molar-refractivity contribution in [2.24, 2.45) is 5.92 Å². The van der Waals surface area contributed by atoms with Crippen LogP contribution < -0.4 is 10.0 Å². The normalized spacial score (nSPS) is 18.2. The number of hydrogen-bond acceptors (Lipinski definition) is 4. The third kappa shape index (κ3) is 5.44. The van der Waals surface area contributed by atoms with Gasteiger partial charge in [-0.25, -0.2) is 13.1 Å². The summed E-state index contributed by atoms with van der Waals surface area (Å²) in [7, 11) is -3.84. The second-order valence-corrected chi connectivity index (χ2v) is 11.2. The average Bonchev–Trinajstić information content (AvgIpc) is 2.85. The summed E-state index contributed by atoms with van der Waals surface area (Å²) < 4.78 is 29.9. The molecule has 0 aromatic heterocycles. The van der Waals surface area contributed by atoms with E-state index in [9.17, 15) is 18.0 Å². The van der Waals surface area contributed by atoms with Crippen molar-refractivity contribution in [3.63, 3.8) is 0 Å². The number of anilines is 1. The minimum atomic E-state index is -3.84. The molecule has 0 bridgehead atoms. The van der Waals surface area contributed by atoms with Crippen molar-refractivity contribution >= 4 is 38.3 Å². The molecular weight excluding hydrogens is 474 g/mol. The van der Waals surface area contributed by atoms with Gasteiger partial charge in [-0.1, -0.05) is 56.3 Å². The Balaban J connectivity index is 1.57. The fourth-order valence-corrected chi connectivity index (χ4v) is 6.40. The van der Waals surface area contributed by atoms with Crippen molar-refractivity contribution in [1.29, 1.82) is 0 Å². The van der Waals surface area contributed by atoms with Crippen LogP contribution in [0, 0.1) is 12.8 Å². The first-order valence-corrected chi connectivity index (χ1v) is 13.9. The molecule has 1 heterocycles. The minimum absolute atomic E-state index is 0.00623. The lowest BCUT2D eigenvalue weighted by Crippen LogP contribution is -2.51. The summed E-state index contributed by atoms with van der Waals surface area (Å²) in [6, 6.07) is 17.4. The summed E-state index contributed by atoms with van der Waals surface area (Å²) in [6.07, 6.45) is 1.88. The van der Waals surface area contributed by atoms with Gasteiger partial charge in [-0.05, 0) is 49.4 Å². The number of piperidine rings is 1. The summed E-state index contributed by atoms with van der Waals surface area (Å²) in [5, 5.41) is 4.13. The zero-order valence-electron chi connectivity index (χ0n) is 21.0. The van der Waals surface area contributed by atoms with E-state index in [0.29, 0.717) is 48.0 Å². The van der Waals surface area contributed by atoms with Crippen molar-refractivity contribution in [2.45, 2.75) is 51.0 Å². The Hall–Kier alpha value is -3.23. The highest BCUT2D eigenvalue weighted by atomic mass is 32.2. The number of rotatable bonds is 7. The smallest absolute Gasteiger partial charge is 0.255 e. The van der Waals surface area contributed by atoms with Crippen molar-refractivity contribution in [3.8, 4) is 0 Å². The van der Waals surface area contributed by atoms with E-state index in [0.717, 1.165) is 12.0 Å². The minimum Gasteiger partial charge on any atom is -0.342 e. The van der Waals surface area contributed by atoms with E-state index in [4.69, 9.17) is 0 Å². The Morgan fingerprint density at radius 1 is 1.00 bits per heavy atom. The maximum absolute atomic E-state index is 13.5. The average molecular weight is 508 g/mol. The van der Waals surface area contributed by atoms with Crippen LogP contribution in [0.25, 0.3) is 10.8 Å². The fraction of sp³-hybridized carbons (Fsp3) is 0.357. The molecule has 7 nitrogen and oxygen atoms in total. The molecule has 4 rings (SSSR count). The highest BCUT2D eigenvalue weighted by Gasteiger charge is 2.32. The predicted octanol–water partition coefficient (Wildman–Crippen LogP) is 4.72. The third-order valence-electron chi connectivity index (χ3n) is 6.84. The van der Waals surface area contributed by atoms with E-state index in [2.05, 4.69) is 10.0 Å². The molecule has 0 aliphatic carbocycles. The summed E-state index contributed by atoms with van der Waals surface area (Å²) in [6.45, 7) is 6.91. The van der Waals surface area contributed by atoms with Crippen LogP contribution in [-0.4, -0.2) is 44.3 Å². The summed E-state index contributed by atoms with van der Waals surface area (Å²) in [4.78, 5) is 27.2. The number of amides is 2. The molecule has 1 saturated heterocycles. The number of hydrogen-bond donors (Lipinski definition) is 2. The molecule has 3 aromatic rings. The summed E-state index contributed by atoms with van der Waals surface area (Å²) >= 11 is 0. The van der Waals surface area contributed by atoms with E-state index in [1.54, 1.807) is 30.3 Å². The van der Waals surface area contributed by atoms with Gasteiger partial charge in [0.1, 0.15) is 0 Å². The summed E-state index contributed by atoms with van der Waals surface area (Å²) in [5.41, 5.74) is 1.98. The maximum atomic E-state index is 13.5. The van der Waals surface area contributed by atoms with Gasteiger partial charge >= 0.3 is 0 Å². The van der Waals surface area contributed by atoms with Crippen LogP contribution in [0.4, 0.5) is 5.69 Å². The van der Waals surface area contributed by atoms with Gasteiger partial charge in [0, 0.05) is 47.6 Å². The van der Waals surface area contributed by atoms with Crippen molar-refractivity contribution in [1.82, 2.24) is 9.62 Å². The number of benzene rings is 3. The Labute approximate surface area is 212 Å². The molecule has 190 valence electrons. The molecule has 8 heteroatoms. The lowest BCUT2D eigenvalue weighted by Gasteiger charge is -2.37. The lowest BCUT2D eigenvalue weighted by atomic mass is 9.94. The first-order chi connectivity index (χ1) is 17.2. The number of aryl methyl sites for hydroxylation is 1. The third-order valence-corrected chi connectivity index (χ3v) is 8.39. The fourth-order valence-electron chi connectivity index (χ4n) is 4.81. The van der Waals surface area contributed by atoms with Crippen LogP contribution in [-0.2, 0) is 14.8 Å². The van der Waals surface area contributed by atoms with E-state index < -0.39 is 10.0 Å². The van der Waals surface area contributed by atoms with Crippen LogP contribution in [0.1, 0.15) is 49.0 Å². The van der Waals surface area contributed by atoms with Gasteiger partial charge in [0.25, 0.3) is 5.91 Å². The molecule has 2 atom stereocenters. The number of fused-ring (bicyclic) bond motifs is 1. The van der Waals surface area contributed by atoms with Crippen LogP contribution in [0.15, 0.2) is 65.6 Å². The Morgan fingerprint density at radius 2 is 1.69 bits per heavy atom. The highest BCUT2D eigenvalue weighted by molar-refractivity contribution is 7.89. The number of nitrogens with one attached hydrogen (secondary N) is 2. The van der Waals surface area contributed by atoms with Gasteiger partial charge in [-0.15, -0.1) is 0 Å². The topological polar surface area (TPSA) is 95.6 Å². The molecule has 36 heavy (non-hydrogen) atoms. The largest absolute Gasteiger partial charge is 0.342 e. The second-order valence-electron chi connectivity index (χ2n) is 9.51. The zero-order chi connectivity index (χ0) is 25.9. The molecular formula is C28H33N3O4S. The second kappa shape index (κ2) is 10.8. The first kappa shape index (κ1) is 25.9. The predicted molar refractivity (Wildman–Crippen MR) is 142 cm³/mol. The van der Waals surface area contributed by atoms with Crippen LogP contribution in [0.3, 0.4) is 0 Å². The maximum Gasteiger partial charge on any atom is 0.255 e. The van der Waals surface area contributed by atoms with E-state index >= 15 is 0 Å². The molecule has 0 spiro atoms. The van der Waals surface area contributed by atoms with Crippen LogP contribution in [0.5, 0.6) is 0 Å². The van der Waals surface area contributed by atoms with Gasteiger partial charge in [-0.2, -0.15) is 0 Å². The zero-order valence-corrected chi connectivity index (χ0v) is 21.8. The molecule has 0 saturated carbocycles. The lowest BCUT2D eigenvalue weighted by molar-refractivity contribution is -0.133. The molecule has 1 aliphatic heterocycles.